The normalized spacial score (nSPS) is 21.8. The van der Waals surface area contributed by atoms with Crippen molar-refractivity contribution in [2.75, 3.05) is 39.4 Å². The molecule has 2 fully saturated rings. The fourth-order valence-corrected chi connectivity index (χ4v) is 4.88. The number of piperidine rings is 1. The Bertz CT molecular complexity index is 531. The molecule has 1 aromatic heterocycles. The zero-order valence-corrected chi connectivity index (χ0v) is 15.8. The molecule has 1 aromatic rings. The number of hydrogen-bond donors (Lipinski definition) is 0. The summed E-state index contributed by atoms with van der Waals surface area (Å²) >= 11 is 1.72. The maximum atomic E-state index is 12.7. The Morgan fingerprint density at radius 1 is 1.29 bits per heavy atom. The van der Waals surface area contributed by atoms with Crippen LogP contribution in [0.25, 0.3) is 0 Å². The minimum absolute atomic E-state index is 0.228. The Morgan fingerprint density at radius 2 is 2.00 bits per heavy atom. The number of ether oxygens (including phenoxy) is 1. The molecule has 0 N–H and O–H groups in total. The third-order valence-electron chi connectivity index (χ3n) is 5.53. The van der Waals surface area contributed by atoms with Crippen molar-refractivity contribution in [3.63, 3.8) is 0 Å². The molecular formula is C19H30N2O2S. The van der Waals surface area contributed by atoms with Crippen molar-refractivity contribution in [1.29, 1.82) is 0 Å². The molecular weight excluding hydrogens is 320 g/mol. The zero-order chi connectivity index (χ0) is 16.9. The smallest absolute Gasteiger partial charge is 0.254 e. The first kappa shape index (κ1) is 17.9. The van der Waals surface area contributed by atoms with Gasteiger partial charge in [-0.05, 0) is 38.2 Å². The van der Waals surface area contributed by atoms with Gasteiger partial charge in [0.1, 0.15) is 0 Å². The van der Waals surface area contributed by atoms with Crippen molar-refractivity contribution >= 4 is 17.2 Å². The van der Waals surface area contributed by atoms with E-state index in [0.717, 1.165) is 70.6 Å². The minimum atomic E-state index is 0.228. The largest absolute Gasteiger partial charge is 0.379 e. The summed E-state index contributed by atoms with van der Waals surface area (Å²) in [5, 5.41) is 2.04. The van der Waals surface area contributed by atoms with Crippen LogP contribution in [0.3, 0.4) is 0 Å². The molecule has 3 heterocycles. The van der Waals surface area contributed by atoms with Crippen LogP contribution >= 0.6 is 11.3 Å². The van der Waals surface area contributed by atoms with Gasteiger partial charge < -0.3 is 9.64 Å². The second-order valence-corrected chi connectivity index (χ2v) is 8.07. The van der Waals surface area contributed by atoms with Gasteiger partial charge in [0.05, 0.1) is 18.8 Å². The van der Waals surface area contributed by atoms with Gasteiger partial charge in [-0.2, -0.15) is 0 Å². The molecule has 4 nitrogen and oxygen atoms in total. The van der Waals surface area contributed by atoms with E-state index >= 15 is 0 Å². The van der Waals surface area contributed by atoms with E-state index in [0.29, 0.717) is 12.0 Å². The third kappa shape index (κ3) is 4.19. The molecule has 24 heavy (non-hydrogen) atoms. The molecule has 1 atom stereocenters. The molecule has 0 aliphatic carbocycles. The van der Waals surface area contributed by atoms with Gasteiger partial charge >= 0.3 is 0 Å². The van der Waals surface area contributed by atoms with Crippen LogP contribution in [0.1, 0.15) is 48.3 Å². The van der Waals surface area contributed by atoms with Gasteiger partial charge in [0.15, 0.2) is 0 Å². The van der Waals surface area contributed by atoms with Crippen molar-refractivity contribution in [1.82, 2.24) is 9.80 Å². The van der Waals surface area contributed by atoms with Gasteiger partial charge in [-0.1, -0.05) is 13.3 Å². The molecule has 2 aliphatic heterocycles. The second-order valence-electron chi connectivity index (χ2n) is 7.07. The van der Waals surface area contributed by atoms with Crippen molar-refractivity contribution < 1.29 is 9.53 Å². The first-order chi connectivity index (χ1) is 11.7. The van der Waals surface area contributed by atoms with Gasteiger partial charge in [0.25, 0.3) is 5.91 Å². The number of nitrogens with zero attached hydrogens (tertiary/aromatic N) is 2. The number of hydrogen-bond acceptors (Lipinski definition) is 4. The van der Waals surface area contributed by atoms with Gasteiger partial charge in [-0.25, -0.2) is 0 Å². The highest BCUT2D eigenvalue weighted by atomic mass is 32.1. The van der Waals surface area contributed by atoms with Crippen molar-refractivity contribution in [3.8, 4) is 0 Å². The molecule has 1 unspecified atom stereocenters. The lowest BCUT2D eigenvalue weighted by atomic mass is 9.89. The Balaban J connectivity index is 1.51. The Labute approximate surface area is 149 Å². The highest BCUT2D eigenvalue weighted by Crippen LogP contribution is 2.26. The summed E-state index contributed by atoms with van der Waals surface area (Å²) in [4.78, 5) is 18.6. The summed E-state index contributed by atoms with van der Waals surface area (Å²) in [5.41, 5.74) is 0.892. The van der Waals surface area contributed by atoms with E-state index in [9.17, 15) is 4.79 Å². The number of carbonyl (C=O) groups is 1. The summed E-state index contributed by atoms with van der Waals surface area (Å²) < 4.78 is 5.46. The van der Waals surface area contributed by atoms with E-state index in [1.54, 1.807) is 11.3 Å². The van der Waals surface area contributed by atoms with E-state index in [-0.39, 0.29) is 5.91 Å². The first-order valence-corrected chi connectivity index (χ1v) is 10.3. The van der Waals surface area contributed by atoms with Crippen LogP contribution in [0, 0.1) is 5.92 Å². The standard InChI is InChI=1S/C19H30N2O2S/c1-3-4-18-13-17(14-24-18)19(22)21-7-5-16(6-8-21)15(2)20-9-11-23-12-10-20/h13-16H,3-12H2,1-2H3. The maximum absolute atomic E-state index is 12.7. The van der Waals surface area contributed by atoms with Crippen LogP contribution in [0.5, 0.6) is 0 Å². The van der Waals surface area contributed by atoms with Crippen LogP contribution in [0.4, 0.5) is 0 Å². The van der Waals surface area contributed by atoms with Gasteiger partial charge in [0.2, 0.25) is 0 Å². The number of morpholine rings is 1. The average Bonchev–Trinajstić information content (AvgIpc) is 3.10. The Morgan fingerprint density at radius 3 is 2.67 bits per heavy atom. The van der Waals surface area contributed by atoms with E-state index in [4.69, 9.17) is 4.74 Å². The lowest BCUT2D eigenvalue weighted by molar-refractivity contribution is -0.000948. The Kier molecular flexibility index (Phi) is 6.31. The molecule has 0 spiro atoms. The molecule has 5 heteroatoms. The topological polar surface area (TPSA) is 32.8 Å². The quantitative estimate of drug-likeness (QED) is 0.817. The number of thiophene rings is 1. The first-order valence-electron chi connectivity index (χ1n) is 9.37. The average molecular weight is 351 g/mol. The molecule has 2 saturated heterocycles. The molecule has 2 aliphatic rings. The van der Waals surface area contributed by atoms with Gasteiger partial charge in [0, 0.05) is 42.5 Å². The minimum Gasteiger partial charge on any atom is -0.379 e. The lowest BCUT2D eigenvalue weighted by Gasteiger charge is -2.41. The van der Waals surface area contributed by atoms with Gasteiger partial charge in [-0.15, -0.1) is 11.3 Å². The second kappa shape index (κ2) is 8.45. The number of carbonyl (C=O) groups excluding carboxylic acids is 1. The number of likely N-dealkylation sites (tertiary alicyclic amines) is 1. The van der Waals surface area contributed by atoms with Gasteiger partial charge in [-0.3, -0.25) is 9.69 Å². The van der Waals surface area contributed by atoms with Crippen molar-refractivity contribution in [3.05, 3.63) is 21.9 Å². The van der Waals surface area contributed by atoms with Crippen LogP contribution in [0.2, 0.25) is 0 Å². The van der Waals surface area contributed by atoms with E-state index in [1.807, 2.05) is 5.38 Å². The highest BCUT2D eigenvalue weighted by Gasteiger charge is 2.30. The zero-order valence-electron chi connectivity index (χ0n) is 15.0. The predicted octanol–water partition coefficient (Wildman–Crippen LogP) is 3.27. The van der Waals surface area contributed by atoms with Crippen molar-refractivity contribution in [2.45, 2.75) is 45.6 Å². The summed E-state index contributed by atoms with van der Waals surface area (Å²) in [6, 6.07) is 2.70. The lowest BCUT2D eigenvalue weighted by Crippen LogP contribution is -2.49. The monoisotopic (exact) mass is 350 g/mol. The molecule has 0 radical (unpaired) electrons. The summed E-state index contributed by atoms with van der Waals surface area (Å²) in [5.74, 6) is 0.927. The number of aryl methyl sites for hydroxylation is 1. The fraction of sp³-hybridized carbons (Fsp3) is 0.737. The summed E-state index contributed by atoms with van der Waals surface area (Å²) in [7, 11) is 0. The fourth-order valence-electron chi connectivity index (χ4n) is 3.92. The molecule has 0 saturated carbocycles. The third-order valence-corrected chi connectivity index (χ3v) is 6.52. The maximum Gasteiger partial charge on any atom is 0.254 e. The van der Waals surface area contributed by atoms with E-state index in [2.05, 4.69) is 29.7 Å². The number of rotatable bonds is 5. The number of amides is 1. The SMILES string of the molecule is CCCc1cc(C(=O)N2CCC(C(C)N3CCOCC3)CC2)cs1. The molecule has 1 amide bonds. The van der Waals surface area contributed by atoms with E-state index < -0.39 is 0 Å². The molecule has 134 valence electrons. The molecule has 0 bridgehead atoms. The van der Waals surface area contributed by atoms with Crippen LogP contribution < -0.4 is 0 Å². The van der Waals surface area contributed by atoms with Crippen LogP contribution in [-0.4, -0.2) is 61.1 Å². The van der Waals surface area contributed by atoms with Crippen LogP contribution in [-0.2, 0) is 11.2 Å². The predicted molar refractivity (Wildman–Crippen MR) is 98.8 cm³/mol. The summed E-state index contributed by atoms with van der Waals surface area (Å²) in [6.07, 6.45) is 4.46. The molecule has 0 aromatic carbocycles. The Hall–Kier alpha value is -0.910. The van der Waals surface area contributed by atoms with Crippen molar-refractivity contribution in [2.24, 2.45) is 5.92 Å². The summed E-state index contributed by atoms with van der Waals surface area (Å²) in [6.45, 7) is 10.2. The molecule has 3 rings (SSSR count). The van der Waals surface area contributed by atoms with Crippen LogP contribution in [0.15, 0.2) is 11.4 Å². The highest BCUT2D eigenvalue weighted by molar-refractivity contribution is 7.10. The van der Waals surface area contributed by atoms with E-state index in [1.165, 1.54) is 4.88 Å².